The molecule has 0 atom stereocenters. The van der Waals surface area contributed by atoms with Crippen molar-refractivity contribution in [3.05, 3.63) is 106 Å². The zero-order valence-corrected chi connectivity index (χ0v) is 15.3. The van der Waals surface area contributed by atoms with Crippen molar-refractivity contribution in [2.24, 2.45) is 7.05 Å². The van der Waals surface area contributed by atoms with Gasteiger partial charge < -0.3 is 4.57 Å². The smallest absolute Gasteiger partial charge is 0.262 e. The quantitative estimate of drug-likeness (QED) is 0.499. The number of hydrogen-bond acceptors (Lipinski definition) is 2. The average molecular weight is 353 g/mol. The molecule has 0 fully saturated rings. The Balaban J connectivity index is 2.13. The van der Waals surface area contributed by atoms with Crippen molar-refractivity contribution in [1.29, 1.82) is 0 Å². The van der Waals surface area contributed by atoms with E-state index in [0.717, 1.165) is 22.0 Å². The molecule has 0 aliphatic carbocycles. The maximum absolute atomic E-state index is 13.3. The monoisotopic (exact) mass is 353 g/mol. The first kappa shape index (κ1) is 17.0. The lowest BCUT2D eigenvalue weighted by atomic mass is 9.91. The fourth-order valence-electron chi connectivity index (χ4n) is 3.46. The molecule has 0 aliphatic rings. The van der Waals surface area contributed by atoms with Crippen molar-refractivity contribution >= 4 is 16.7 Å². The lowest BCUT2D eigenvalue weighted by Crippen LogP contribution is -2.26. The van der Waals surface area contributed by atoms with Crippen LogP contribution in [0.5, 0.6) is 0 Å². The van der Waals surface area contributed by atoms with E-state index in [1.54, 1.807) is 23.7 Å². The van der Waals surface area contributed by atoms with Gasteiger partial charge in [0.15, 0.2) is 5.78 Å². The molecule has 3 heteroatoms. The molecule has 0 radical (unpaired) electrons. The van der Waals surface area contributed by atoms with Crippen LogP contribution >= 0.6 is 0 Å². The molecule has 1 heterocycles. The molecule has 27 heavy (non-hydrogen) atoms. The van der Waals surface area contributed by atoms with Crippen molar-refractivity contribution in [1.82, 2.24) is 4.57 Å². The number of benzene rings is 3. The molecule has 0 aliphatic heterocycles. The van der Waals surface area contributed by atoms with Crippen LogP contribution < -0.4 is 5.56 Å². The van der Waals surface area contributed by atoms with Gasteiger partial charge in [0.1, 0.15) is 0 Å². The fourth-order valence-corrected chi connectivity index (χ4v) is 3.46. The summed E-state index contributed by atoms with van der Waals surface area (Å²) < 4.78 is 1.56. The van der Waals surface area contributed by atoms with E-state index >= 15 is 0 Å². The van der Waals surface area contributed by atoms with Crippen LogP contribution in [0.4, 0.5) is 0 Å². The van der Waals surface area contributed by atoms with Gasteiger partial charge in [0, 0.05) is 23.6 Å². The molecule has 4 rings (SSSR count). The van der Waals surface area contributed by atoms with Crippen LogP contribution in [-0.4, -0.2) is 10.4 Å². The van der Waals surface area contributed by atoms with Crippen LogP contribution in [-0.2, 0) is 7.05 Å². The van der Waals surface area contributed by atoms with E-state index in [9.17, 15) is 9.59 Å². The molecule has 3 nitrogen and oxygen atoms in total. The number of carbonyl (C=O) groups excluding carboxylic acids is 1. The third kappa shape index (κ3) is 2.87. The topological polar surface area (TPSA) is 39.1 Å². The highest BCUT2D eigenvalue weighted by Gasteiger charge is 2.23. The summed E-state index contributed by atoms with van der Waals surface area (Å²) in [6.07, 6.45) is 0. The van der Waals surface area contributed by atoms with Gasteiger partial charge >= 0.3 is 0 Å². The largest absolute Gasteiger partial charge is 0.311 e. The van der Waals surface area contributed by atoms with Gasteiger partial charge in [0.25, 0.3) is 5.56 Å². The minimum atomic E-state index is -0.280. The van der Waals surface area contributed by atoms with Gasteiger partial charge in [0.2, 0.25) is 0 Å². The number of para-hydroxylation sites is 1. The second kappa shape index (κ2) is 6.69. The van der Waals surface area contributed by atoms with E-state index in [2.05, 4.69) is 0 Å². The third-order valence-corrected chi connectivity index (χ3v) is 4.91. The Morgan fingerprint density at radius 1 is 0.815 bits per heavy atom. The number of hydrogen-bond donors (Lipinski definition) is 0. The molecule has 0 amide bonds. The zero-order valence-electron chi connectivity index (χ0n) is 15.3. The van der Waals surface area contributed by atoms with E-state index in [4.69, 9.17) is 0 Å². The van der Waals surface area contributed by atoms with Crippen LogP contribution in [0.15, 0.2) is 83.7 Å². The highest BCUT2D eigenvalue weighted by Crippen LogP contribution is 2.31. The molecule has 0 unspecified atom stereocenters. The SMILES string of the molecule is Cc1ccc(-c2c(C(=O)c3ccccc3)c(=O)n(C)c3ccccc23)cc1. The lowest BCUT2D eigenvalue weighted by Gasteiger charge is -2.16. The van der Waals surface area contributed by atoms with Crippen molar-refractivity contribution < 1.29 is 4.79 Å². The zero-order chi connectivity index (χ0) is 19.0. The Morgan fingerprint density at radius 3 is 2.15 bits per heavy atom. The predicted molar refractivity (Wildman–Crippen MR) is 109 cm³/mol. The Bertz CT molecular complexity index is 1200. The second-order valence-corrected chi connectivity index (χ2v) is 6.69. The van der Waals surface area contributed by atoms with Gasteiger partial charge in [-0.15, -0.1) is 0 Å². The number of nitrogens with zero attached hydrogens (tertiary/aromatic N) is 1. The first-order valence-electron chi connectivity index (χ1n) is 8.86. The standard InChI is InChI=1S/C24H19NO2/c1-16-12-14-17(15-13-16)21-19-10-6-7-11-20(19)25(2)24(27)22(21)23(26)18-8-4-3-5-9-18/h3-15H,1-2H3. The molecular formula is C24H19NO2. The summed E-state index contributed by atoms with van der Waals surface area (Å²) in [5.41, 5.74) is 3.95. The highest BCUT2D eigenvalue weighted by molar-refractivity contribution is 6.16. The fraction of sp³-hybridized carbons (Fsp3) is 0.0833. The Hall–Kier alpha value is -3.46. The predicted octanol–water partition coefficient (Wildman–Crippen LogP) is 4.74. The van der Waals surface area contributed by atoms with Crippen LogP contribution in [0.2, 0.25) is 0 Å². The maximum atomic E-state index is 13.3. The number of ketones is 1. The first-order valence-corrected chi connectivity index (χ1v) is 8.86. The van der Waals surface area contributed by atoms with E-state index in [1.165, 1.54) is 0 Å². The summed E-state index contributed by atoms with van der Waals surface area (Å²) in [7, 11) is 1.71. The molecule has 0 bridgehead atoms. The number of fused-ring (bicyclic) bond motifs is 1. The summed E-state index contributed by atoms with van der Waals surface area (Å²) in [6.45, 7) is 2.02. The van der Waals surface area contributed by atoms with Crippen molar-refractivity contribution in [2.75, 3.05) is 0 Å². The van der Waals surface area contributed by atoms with Gasteiger partial charge in [-0.25, -0.2) is 0 Å². The van der Waals surface area contributed by atoms with Gasteiger partial charge in [0.05, 0.1) is 11.1 Å². The summed E-state index contributed by atoms with van der Waals surface area (Å²) in [6, 6.07) is 24.6. The summed E-state index contributed by atoms with van der Waals surface area (Å²) in [5.74, 6) is -0.252. The van der Waals surface area contributed by atoms with Crippen LogP contribution in [0.1, 0.15) is 21.5 Å². The van der Waals surface area contributed by atoms with Gasteiger partial charge in [-0.2, -0.15) is 0 Å². The number of rotatable bonds is 3. The number of carbonyl (C=O) groups is 1. The number of aryl methyl sites for hydroxylation is 2. The molecular weight excluding hydrogens is 334 g/mol. The van der Waals surface area contributed by atoms with Crippen molar-refractivity contribution in [2.45, 2.75) is 6.92 Å². The molecule has 132 valence electrons. The molecule has 3 aromatic carbocycles. The highest BCUT2D eigenvalue weighted by atomic mass is 16.1. The lowest BCUT2D eigenvalue weighted by molar-refractivity contribution is 0.103. The second-order valence-electron chi connectivity index (χ2n) is 6.69. The first-order chi connectivity index (χ1) is 13.1. The minimum Gasteiger partial charge on any atom is -0.311 e. The van der Waals surface area contributed by atoms with Crippen LogP contribution in [0.25, 0.3) is 22.0 Å². The molecule has 1 aromatic heterocycles. The van der Waals surface area contributed by atoms with Crippen molar-refractivity contribution in [3.63, 3.8) is 0 Å². The Labute approximate surface area is 157 Å². The summed E-state index contributed by atoms with van der Waals surface area (Å²) >= 11 is 0. The van der Waals surface area contributed by atoms with E-state index in [0.29, 0.717) is 11.1 Å². The minimum absolute atomic E-state index is 0.214. The van der Waals surface area contributed by atoms with Crippen LogP contribution in [0, 0.1) is 6.92 Å². The van der Waals surface area contributed by atoms with Gasteiger partial charge in [-0.05, 0) is 18.6 Å². The van der Waals surface area contributed by atoms with Crippen molar-refractivity contribution in [3.8, 4) is 11.1 Å². The molecule has 0 spiro atoms. The summed E-state index contributed by atoms with van der Waals surface area (Å²) in [4.78, 5) is 26.5. The molecule has 0 saturated carbocycles. The summed E-state index contributed by atoms with van der Waals surface area (Å²) in [5, 5.41) is 0.891. The Kier molecular flexibility index (Phi) is 4.21. The van der Waals surface area contributed by atoms with Gasteiger partial charge in [-0.3, -0.25) is 9.59 Å². The third-order valence-electron chi connectivity index (χ3n) is 4.91. The average Bonchev–Trinajstić information content (AvgIpc) is 2.71. The maximum Gasteiger partial charge on any atom is 0.262 e. The number of pyridine rings is 1. The molecule has 4 aromatic rings. The van der Waals surface area contributed by atoms with E-state index in [1.807, 2.05) is 73.7 Å². The van der Waals surface area contributed by atoms with E-state index in [-0.39, 0.29) is 16.9 Å². The molecule has 0 N–H and O–H groups in total. The Morgan fingerprint density at radius 2 is 1.44 bits per heavy atom. The van der Waals surface area contributed by atoms with Gasteiger partial charge in [-0.1, -0.05) is 78.4 Å². The van der Waals surface area contributed by atoms with E-state index < -0.39 is 0 Å². The normalized spacial score (nSPS) is 10.9. The van der Waals surface area contributed by atoms with Crippen LogP contribution in [0.3, 0.4) is 0 Å². The number of aromatic nitrogens is 1. The molecule has 0 saturated heterocycles.